The van der Waals surface area contributed by atoms with E-state index < -0.39 is 36.2 Å². The Kier molecular flexibility index (Phi) is 13.6. The monoisotopic (exact) mass is 567 g/mol. The minimum atomic E-state index is -1.18. The number of unbranched alkanes of at least 4 members (excludes halogenated alkanes) is 1. The summed E-state index contributed by atoms with van der Waals surface area (Å²) in [5.41, 5.74) is 22.1. The Morgan fingerprint density at radius 2 is 1.60 bits per heavy atom. The molecule has 6 atom stereocenters. The Bertz CT molecular complexity index is 896. The second-order valence-electron chi connectivity index (χ2n) is 10.8. The van der Waals surface area contributed by atoms with E-state index in [0.717, 1.165) is 0 Å². The van der Waals surface area contributed by atoms with Crippen LogP contribution in [0.5, 0.6) is 0 Å². The molecule has 40 heavy (non-hydrogen) atoms. The summed E-state index contributed by atoms with van der Waals surface area (Å²) in [6, 6.07) is -3.51. The van der Waals surface area contributed by atoms with Gasteiger partial charge < -0.3 is 48.5 Å². The summed E-state index contributed by atoms with van der Waals surface area (Å²) in [4.78, 5) is 60.0. The molecular weight excluding hydrogens is 518 g/mol. The maximum Gasteiger partial charge on any atom is 0.246 e. The highest BCUT2D eigenvalue weighted by molar-refractivity contribution is 5.95. The fraction of sp³-hybridized carbons (Fsp3) is 0.808. The number of nitrogens with one attached hydrogen (secondary N) is 2. The van der Waals surface area contributed by atoms with E-state index in [1.165, 1.54) is 11.8 Å². The second kappa shape index (κ2) is 16.3. The molecule has 2 aliphatic rings. The van der Waals surface area contributed by atoms with Crippen molar-refractivity contribution in [2.75, 3.05) is 26.2 Å². The number of guanidine groups is 1. The van der Waals surface area contributed by atoms with Gasteiger partial charge in [-0.2, -0.15) is 0 Å². The molecule has 2 saturated heterocycles. The molecule has 2 fully saturated rings. The number of carbonyl (C=O) groups excluding carboxylic acids is 4. The van der Waals surface area contributed by atoms with Crippen LogP contribution in [0.15, 0.2) is 4.99 Å². The van der Waals surface area contributed by atoms with E-state index in [-0.39, 0.29) is 29.7 Å². The van der Waals surface area contributed by atoms with Crippen LogP contribution in [0.4, 0.5) is 0 Å². The summed E-state index contributed by atoms with van der Waals surface area (Å²) in [5.74, 6) is -1.43. The first kappa shape index (κ1) is 33.2. The molecule has 14 nitrogen and oxygen atoms in total. The maximum atomic E-state index is 13.7. The first-order chi connectivity index (χ1) is 19.0. The number of aliphatic hydroxyl groups is 1. The number of nitrogens with two attached hydrogens (primary N) is 4. The summed E-state index contributed by atoms with van der Waals surface area (Å²) in [6.07, 6.45) is 4.27. The van der Waals surface area contributed by atoms with Crippen molar-refractivity contribution >= 4 is 29.6 Å². The van der Waals surface area contributed by atoms with Gasteiger partial charge in [0, 0.05) is 25.7 Å². The average Bonchev–Trinajstić information content (AvgIpc) is 3.59. The Labute approximate surface area is 236 Å². The third kappa shape index (κ3) is 9.59. The first-order valence-electron chi connectivity index (χ1n) is 14.4. The molecule has 0 saturated carbocycles. The zero-order valence-electron chi connectivity index (χ0n) is 23.9. The molecule has 11 N–H and O–H groups in total. The van der Waals surface area contributed by atoms with Crippen LogP contribution in [0, 0.1) is 0 Å². The molecule has 2 aliphatic heterocycles. The van der Waals surface area contributed by atoms with Crippen LogP contribution in [0.25, 0.3) is 0 Å². The van der Waals surface area contributed by atoms with E-state index in [2.05, 4.69) is 15.6 Å². The summed E-state index contributed by atoms with van der Waals surface area (Å²) in [5, 5.41) is 15.4. The van der Waals surface area contributed by atoms with E-state index in [0.29, 0.717) is 84.0 Å². The third-order valence-electron chi connectivity index (χ3n) is 7.52. The van der Waals surface area contributed by atoms with E-state index in [1.54, 1.807) is 4.90 Å². The van der Waals surface area contributed by atoms with E-state index in [1.807, 2.05) is 6.92 Å². The van der Waals surface area contributed by atoms with Gasteiger partial charge >= 0.3 is 0 Å². The van der Waals surface area contributed by atoms with Gasteiger partial charge in [0.2, 0.25) is 23.6 Å². The van der Waals surface area contributed by atoms with Gasteiger partial charge in [0.15, 0.2) is 5.96 Å². The molecular formula is C26H49N9O5. The Balaban J connectivity index is 2.06. The molecule has 4 amide bonds. The molecule has 0 bridgehead atoms. The molecule has 0 radical (unpaired) electrons. The van der Waals surface area contributed by atoms with E-state index in [4.69, 9.17) is 22.9 Å². The number of aliphatic imine (C=N–C) groups is 1. The van der Waals surface area contributed by atoms with Crippen molar-refractivity contribution in [3.05, 3.63) is 0 Å². The van der Waals surface area contributed by atoms with Gasteiger partial charge in [-0.3, -0.25) is 24.2 Å². The predicted molar refractivity (Wildman–Crippen MR) is 151 cm³/mol. The van der Waals surface area contributed by atoms with Crippen LogP contribution in [0.1, 0.15) is 71.6 Å². The molecule has 0 unspecified atom stereocenters. The fourth-order valence-corrected chi connectivity index (χ4v) is 5.24. The lowest BCUT2D eigenvalue weighted by atomic mass is 10.1. The lowest BCUT2D eigenvalue weighted by molar-refractivity contribution is -0.148. The molecule has 228 valence electrons. The quantitative estimate of drug-likeness (QED) is 0.0648. The summed E-state index contributed by atoms with van der Waals surface area (Å²) in [6.45, 7) is 5.03. The van der Waals surface area contributed by atoms with Crippen molar-refractivity contribution in [3.63, 3.8) is 0 Å². The SMILES string of the molecule is C[C@H](CCCN=C(N)N)NC(=O)[C@@H]1CCCN1C(=O)[C@@H]1CCCN1C(=O)[C@H](CCCCN)NC(=O)[C@H](N)[C@@H](C)O. The van der Waals surface area contributed by atoms with Gasteiger partial charge in [-0.05, 0) is 78.2 Å². The van der Waals surface area contributed by atoms with Gasteiger partial charge in [0.1, 0.15) is 24.2 Å². The molecule has 0 aliphatic carbocycles. The van der Waals surface area contributed by atoms with Crippen molar-refractivity contribution in [1.82, 2.24) is 20.4 Å². The van der Waals surface area contributed by atoms with Crippen LogP contribution < -0.4 is 33.6 Å². The van der Waals surface area contributed by atoms with Crippen LogP contribution >= 0.6 is 0 Å². The maximum absolute atomic E-state index is 13.7. The molecule has 0 aromatic rings. The van der Waals surface area contributed by atoms with Crippen LogP contribution in [0.3, 0.4) is 0 Å². The zero-order valence-corrected chi connectivity index (χ0v) is 23.9. The van der Waals surface area contributed by atoms with Crippen molar-refractivity contribution in [2.45, 2.75) is 108 Å². The third-order valence-corrected chi connectivity index (χ3v) is 7.52. The lowest BCUT2D eigenvalue weighted by Crippen LogP contribution is -2.58. The van der Waals surface area contributed by atoms with Crippen LogP contribution in [-0.4, -0.2) is 107 Å². The Morgan fingerprint density at radius 3 is 2.23 bits per heavy atom. The minimum absolute atomic E-state index is 0.0313. The molecule has 0 spiro atoms. The zero-order chi connectivity index (χ0) is 29.8. The molecule has 0 aromatic heterocycles. The van der Waals surface area contributed by atoms with Crippen molar-refractivity contribution < 1.29 is 24.3 Å². The van der Waals surface area contributed by atoms with E-state index >= 15 is 0 Å². The highest BCUT2D eigenvalue weighted by atomic mass is 16.3. The number of hydrogen-bond acceptors (Lipinski definition) is 8. The predicted octanol–water partition coefficient (Wildman–Crippen LogP) is -2.15. The smallest absolute Gasteiger partial charge is 0.246 e. The first-order valence-corrected chi connectivity index (χ1v) is 14.4. The van der Waals surface area contributed by atoms with Gasteiger partial charge in [0.05, 0.1) is 6.10 Å². The van der Waals surface area contributed by atoms with Gasteiger partial charge in [-0.25, -0.2) is 0 Å². The normalized spacial score (nSPS) is 21.8. The minimum Gasteiger partial charge on any atom is -0.391 e. The number of rotatable bonds is 15. The van der Waals surface area contributed by atoms with Gasteiger partial charge in [-0.1, -0.05) is 0 Å². The highest BCUT2D eigenvalue weighted by Crippen LogP contribution is 2.26. The Morgan fingerprint density at radius 1 is 0.950 bits per heavy atom. The summed E-state index contributed by atoms with van der Waals surface area (Å²) in [7, 11) is 0. The standard InChI is InChI=1S/C26H49N9O5/c1-16(8-5-13-31-26(29)30)32-22(37)19-10-6-14-34(19)25(40)20-11-7-15-35(20)24(39)18(9-3-4-12-27)33-23(38)21(28)17(2)36/h16-21,36H,3-15,27-28H2,1-2H3,(H,32,37)(H,33,38)(H4,29,30,31)/t16-,17-,18+,19+,20+,21-/m1/s1. The van der Waals surface area contributed by atoms with Crippen molar-refractivity contribution in [1.29, 1.82) is 0 Å². The fourth-order valence-electron chi connectivity index (χ4n) is 5.24. The van der Waals surface area contributed by atoms with E-state index in [9.17, 15) is 24.3 Å². The molecule has 14 heteroatoms. The summed E-state index contributed by atoms with van der Waals surface area (Å²) < 4.78 is 0. The lowest BCUT2D eigenvalue weighted by Gasteiger charge is -2.33. The summed E-state index contributed by atoms with van der Waals surface area (Å²) >= 11 is 0. The van der Waals surface area contributed by atoms with Gasteiger partial charge in [0.25, 0.3) is 0 Å². The van der Waals surface area contributed by atoms with Crippen LogP contribution in [0.2, 0.25) is 0 Å². The second-order valence-corrected chi connectivity index (χ2v) is 10.8. The Hall–Kier alpha value is -2.97. The number of nitrogens with zero attached hydrogens (tertiary/aromatic N) is 3. The molecule has 2 rings (SSSR count). The topological polar surface area (TPSA) is 235 Å². The number of amides is 4. The number of hydrogen-bond donors (Lipinski definition) is 7. The average molecular weight is 568 g/mol. The molecule has 2 heterocycles. The van der Waals surface area contributed by atoms with Crippen molar-refractivity contribution in [2.24, 2.45) is 27.9 Å². The number of likely N-dealkylation sites (tertiary alicyclic amines) is 2. The largest absolute Gasteiger partial charge is 0.391 e. The molecule has 0 aromatic carbocycles. The van der Waals surface area contributed by atoms with Gasteiger partial charge in [-0.15, -0.1) is 0 Å². The number of aliphatic hydroxyl groups excluding tert-OH is 1. The number of carbonyl (C=O) groups is 4. The van der Waals surface area contributed by atoms with Crippen molar-refractivity contribution in [3.8, 4) is 0 Å². The highest BCUT2D eigenvalue weighted by Gasteiger charge is 2.43. The van der Waals surface area contributed by atoms with Crippen LogP contribution in [-0.2, 0) is 19.2 Å².